The normalized spacial score (nSPS) is 11.1. The van der Waals surface area contributed by atoms with Gasteiger partial charge in [0.15, 0.2) is 5.78 Å². The lowest BCUT2D eigenvalue weighted by molar-refractivity contribution is 0.104. The average molecular weight is 466 g/mol. The van der Waals surface area contributed by atoms with Gasteiger partial charge in [-0.05, 0) is 68.0 Å². The van der Waals surface area contributed by atoms with Crippen molar-refractivity contribution < 1.29 is 9.59 Å². The van der Waals surface area contributed by atoms with Gasteiger partial charge in [-0.15, -0.1) is 0 Å². The molecule has 0 unspecified atom stereocenters. The molecule has 2 amide bonds. The van der Waals surface area contributed by atoms with Crippen LogP contribution >= 0.6 is 0 Å². The summed E-state index contributed by atoms with van der Waals surface area (Å²) in [5, 5.41) is 10.3. The maximum atomic E-state index is 12.8. The number of nitrogens with zero attached hydrogens (tertiary/aromatic N) is 3. The molecule has 2 aromatic heterocycles. The minimum absolute atomic E-state index is 0.0367. The van der Waals surface area contributed by atoms with E-state index in [4.69, 9.17) is 5.10 Å². The Bertz CT molecular complexity index is 1310. The number of amides is 2. The lowest BCUT2D eigenvalue weighted by atomic mass is 10.1. The van der Waals surface area contributed by atoms with Crippen molar-refractivity contribution in [3.8, 4) is 11.3 Å². The first kappa shape index (κ1) is 23.6. The van der Waals surface area contributed by atoms with Gasteiger partial charge < -0.3 is 10.6 Å². The molecular weight excluding hydrogens is 438 g/mol. The molecule has 0 aliphatic heterocycles. The average Bonchev–Trinajstić information content (AvgIpc) is 3.26. The fourth-order valence-electron chi connectivity index (χ4n) is 3.55. The maximum Gasteiger partial charge on any atom is 0.319 e. The summed E-state index contributed by atoms with van der Waals surface area (Å²) in [6.07, 6.45) is 8.72. The zero-order chi connectivity index (χ0) is 24.6. The van der Waals surface area contributed by atoms with Gasteiger partial charge in [0, 0.05) is 47.0 Å². The predicted molar refractivity (Wildman–Crippen MR) is 138 cm³/mol. The van der Waals surface area contributed by atoms with Crippen molar-refractivity contribution >= 4 is 23.6 Å². The standard InChI is InChI=1S/C28H27N5O2/c1-20(2)30-28(35)31-25-13-10-22(11-14-25)26(34)15-12-24-19-33(18-21-7-4-3-5-8-21)32-27(24)23-9-6-16-29-17-23/h3-17,19-20H,18H2,1-2H3,(H2,30,31,35)/b15-12+. The zero-order valence-electron chi connectivity index (χ0n) is 19.7. The van der Waals surface area contributed by atoms with Crippen LogP contribution in [0.5, 0.6) is 0 Å². The number of pyridine rings is 1. The van der Waals surface area contributed by atoms with E-state index in [2.05, 4.69) is 27.8 Å². The van der Waals surface area contributed by atoms with Crippen LogP contribution in [0.1, 0.15) is 35.3 Å². The van der Waals surface area contributed by atoms with E-state index in [1.807, 2.05) is 55.1 Å². The molecule has 7 nitrogen and oxygen atoms in total. The highest BCUT2D eigenvalue weighted by Gasteiger charge is 2.11. The molecule has 2 aromatic carbocycles. The van der Waals surface area contributed by atoms with E-state index in [1.54, 1.807) is 42.7 Å². The molecule has 0 radical (unpaired) electrons. The summed E-state index contributed by atoms with van der Waals surface area (Å²) in [7, 11) is 0. The first-order valence-corrected chi connectivity index (χ1v) is 11.4. The number of allylic oxidation sites excluding steroid dienone is 1. The van der Waals surface area contributed by atoms with Gasteiger partial charge in [-0.3, -0.25) is 14.5 Å². The smallest absolute Gasteiger partial charge is 0.319 e. The van der Waals surface area contributed by atoms with E-state index >= 15 is 0 Å². The Labute approximate surface area is 204 Å². The number of carbonyl (C=O) groups excluding carboxylic acids is 2. The number of urea groups is 1. The highest BCUT2D eigenvalue weighted by Crippen LogP contribution is 2.23. The molecular formula is C28H27N5O2. The molecule has 0 spiro atoms. The molecule has 0 saturated carbocycles. The zero-order valence-corrected chi connectivity index (χ0v) is 19.7. The van der Waals surface area contributed by atoms with E-state index in [0.29, 0.717) is 17.8 Å². The van der Waals surface area contributed by atoms with Gasteiger partial charge in [0.25, 0.3) is 0 Å². The second-order valence-corrected chi connectivity index (χ2v) is 8.39. The Morgan fingerprint density at radius 1 is 1.00 bits per heavy atom. The number of anilines is 1. The van der Waals surface area contributed by atoms with Crippen molar-refractivity contribution in [2.45, 2.75) is 26.4 Å². The molecule has 7 heteroatoms. The Morgan fingerprint density at radius 3 is 2.46 bits per heavy atom. The minimum Gasteiger partial charge on any atom is -0.336 e. The topological polar surface area (TPSA) is 88.9 Å². The lowest BCUT2D eigenvalue weighted by Gasteiger charge is -2.10. The third-order valence-electron chi connectivity index (χ3n) is 5.17. The number of carbonyl (C=O) groups is 2. The van der Waals surface area contributed by atoms with Gasteiger partial charge in [0.1, 0.15) is 5.69 Å². The first-order chi connectivity index (χ1) is 17.0. The summed E-state index contributed by atoms with van der Waals surface area (Å²) in [6, 6.07) is 20.4. The summed E-state index contributed by atoms with van der Waals surface area (Å²) >= 11 is 0. The number of nitrogens with one attached hydrogen (secondary N) is 2. The van der Waals surface area contributed by atoms with Crippen molar-refractivity contribution in [2.24, 2.45) is 0 Å². The summed E-state index contributed by atoms with van der Waals surface area (Å²) in [4.78, 5) is 28.9. The second kappa shape index (κ2) is 11.1. The van der Waals surface area contributed by atoms with E-state index < -0.39 is 0 Å². The van der Waals surface area contributed by atoms with Crippen LogP contribution in [0.25, 0.3) is 17.3 Å². The van der Waals surface area contributed by atoms with Crippen molar-refractivity contribution in [3.63, 3.8) is 0 Å². The summed E-state index contributed by atoms with van der Waals surface area (Å²) in [6.45, 7) is 4.40. The Hall–Kier alpha value is -4.52. The SMILES string of the molecule is CC(C)NC(=O)Nc1ccc(C(=O)/C=C/c2cn(Cc3ccccc3)nc2-c2cccnc2)cc1. The van der Waals surface area contributed by atoms with Crippen molar-refractivity contribution in [3.05, 3.63) is 108 Å². The third-order valence-corrected chi connectivity index (χ3v) is 5.17. The van der Waals surface area contributed by atoms with E-state index in [1.165, 1.54) is 6.08 Å². The largest absolute Gasteiger partial charge is 0.336 e. The van der Waals surface area contributed by atoms with Crippen molar-refractivity contribution in [1.82, 2.24) is 20.1 Å². The lowest BCUT2D eigenvalue weighted by Crippen LogP contribution is -2.34. The second-order valence-electron chi connectivity index (χ2n) is 8.39. The molecule has 0 fully saturated rings. The van der Waals surface area contributed by atoms with Gasteiger partial charge in [0.2, 0.25) is 0 Å². The van der Waals surface area contributed by atoms with Crippen LogP contribution in [0, 0.1) is 0 Å². The molecule has 2 N–H and O–H groups in total. The molecule has 2 heterocycles. The third kappa shape index (κ3) is 6.51. The van der Waals surface area contributed by atoms with Gasteiger partial charge >= 0.3 is 6.03 Å². The number of hydrogen-bond acceptors (Lipinski definition) is 4. The van der Waals surface area contributed by atoms with Gasteiger partial charge in [-0.25, -0.2) is 4.79 Å². The fourth-order valence-corrected chi connectivity index (χ4v) is 3.55. The maximum absolute atomic E-state index is 12.8. The Kier molecular flexibility index (Phi) is 7.47. The van der Waals surface area contributed by atoms with Crippen LogP contribution in [0.15, 0.2) is 91.4 Å². The fraction of sp³-hybridized carbons (Fsp3) is 0.143. The summed E-state index contributed by atoms with van der Waals surface area (Å²) in [5.74, 6) is -0.142. The van der Waals surface area contributed by atoms with Crippen molar-refractivity contribution in [1.29, 1.82) is 0 Å². The van der Waals surface area contributed by atoms with Crippen LogP contribution in [0.2, 0.25) is 0 Å². The number of hydrogen-bond donors (Lipinski definition) is 2. The van der Waals surface area contributed by atoms with Crippen LogP contribution in [0.4, 0.5) is 10.5 Å². The minimum atomic E-state index is -0.283. The predicted octanol–water partition coefficient (Wildman–Crippen LogP) is 5.42. The van der Waals surface area contributed by atoms with E-state index in [9.17, 15) is 9.59 Å². The molecule has 35 heavy (non-hydrogen) atoms. The molecule has 4 aromatic rings. The summed E-state index contributed by atoms with van der Waals surface area (Å²) in [5.41, 5.74) is 4.73. The number of aromatic nitrogens is 3. The molecule has 4 rings (SSSR count). The number of ketones is 1. The van der Waals surface area contributed by atoms with Crippen LogP contribution < -0.4 is 10.6 Å². The van der Waals surface area contributed by atoms with E-state index in [0.717, 1.165) is 22.4 Å². The van der Waals surface area contributed by atoms with Gasteiger partial charge in [-0.2, -0.15) is 5.10 Å². The van der Waals surface area contributed by atoms with Gasteiger partial charge in [0.05, 0.1) is 6.54 Å². The highest BCUT2D eigenvalue weighted by atomic mass is 16.2. The number of benzene rings is 2. The van der Waals surface area contributed by atoms with E-state index in [-0.39, 0.29) is 17.9 Å². The van der Waals surface area contributed by atoms with Crippen LogP contribution in [-0.4, -0.2) is 32.6 Å². The van der Waals surface area contributed by atoms with Gasteiger partial charge in [-0.1, -0.05) is 30.3 Å². The highest BCUT2D eigenvalue weighted by molar-refractivity contribution is 6.07. The molecule has 176 valence electrons. The van der Waals surface area contributed by atoms with Crippen LogP contribution in [0.3, 0.4) is 0 Å². The molecule has 0 aliphatic rings. The first-order valence-electron chi connectivity index (χ1n) is 11.4. The molecule has 0 bridgehead atoms. The van der Waals surface area contributed by atoms with Crippen LogP contribution in [-0.2, 0) is 6.54 Å². The Balaban J connectivity index is 1.52. The molecule has 0 aliphatic carbocycles. The number of rotatable bonds is 8. The quantitative estimate of drug-likeness (QED) is 0.269. The van der Waals surface area contributed by atoms with Crippen molar-refractivity contribution in [2.75, 3.05) is 5.32 Å². The Morgan fingerprint density at radius 2 is 1.77 bits per heavy atom. The molecule has 0 saturated heterocycles. The monoisotopic (exact) mass is 465 g/mol. The summed E-state index contributed by atoms with van der Waals surface area (Å²) < 4.78 is 1.87. The molecule has 0 atom stereocenters.